The van der Waals surface area contributed by atoms with Crippen molar-refractivity contribution in [1.82, 2.24) is 9.55 Å². The molecule has 2 aromatic rings. The molecule has 0 saturated carbocycles. The lowest BCUT2D eigenvalue weighted by Gasteiger charge is -2.12. The van der Waals surface area contributed by atoms with E-state index in [2.05, 4.69) is 39.7 Å². The van der Waals surface area contributed by atoms with Crippen LogP contribution in [0.2, 0.25) is 5.02 Å². The van der Waals surface area contributed by atoms with Gasteiger partial charge in [0.2, 0.25) is 0 Å². The quantitative estimate of drug-likeness (QED) is 0.426. The second-order valence-corrected chi connectivity index (χ2v) is 6.27. The maximum atomic E-state index is 6.09. The minimum Gasteiger partial charge on any atom is -0.342 e. The molecule has 0 amide bonds. The molecule has 0 aliphatic carbocycles. The molecule has 2 aromatic carbocycles. The van der Waals surface area contributed by atoms with E-state index in [4.69, 9.17) is 16.6 Å². The average Bonchev–Trinajstić information content (AvgIpc) is 2.76. The molecule has 2 heterocycles. The van der Waals surface area contributed by atoms with Crippen molar-refractivity contribution in [3.8, 4) is 11.4 Å². The summed E-state index contributed by atoms with van der Waals surface area (Å²) in [4.78, 5) is 4.71. The summed E-state index contributed by atoms with van der Waals surface area (Å²) in [5.74, 6) is 0. The zero-order chi connectivity index (χ0) is 13.9. The Morgan fingerprint density at radius 1 is 1.10 bits per heavy atom. The molecule has 2 aliphatic heterocycles. The fourth-order valence-electron chi connectivity index (χ4n) is 2.78. The number of hydrogen-bond donors (Lipinski definition) is 0. The van der Waals surface area contributed by atoms with Gasteiger partial charge < -0.3 is 4.57 Å². The summed E-state index contributed by atoms with van der Waals surface area (Å²) in [5.41, 5.74) is 4.31. The summed E-state index contributed by atoms with van der Waals surface area (Å²) in [5, 5.41) is 3.01. The number of pyridine rings is 1. The minimum atomic E-state index is 0.746. The van der Waals surface area contributed by atoms with Crippen LogP contribution in [0.4, 0.5) is 0 Å². The molecule has 4 heteroatoms. The molecule has 0 radical (unpaired) electrons. The first-order valence-electron chi connectivity index (χ1n) is 6.27. The number of aromatic nitrogens is 2. The smallest absolute Gasteiger partial charge is 0.0887 e. The Kier molecular flexibility index (Phi) is 2.56. The molecule has 0 fully saturated rings. The van der Waals surface area contributed by atoms with E-state index < -0.39 is 0 Å². The molecular weight excluding hydrogens is 336 g/mol. The van der Waals surface area contributed by atoms with Gasteiger partial charge in [0.1, 0.15) is 0 Å². The molecule has 0 aromatic heterocycles. The average molecular weight is 346 g/mol. The van der Waals surface area contributed by atoms with Crippen molar-refractivity contribution >= 4 is 49.3 Å². The largest absolute Gasteiger partial charge is 0.342 e. The highest BCUT2D eigenvalue weighted by Gasteiger charge is 2.16. The van der Waals surface area contributed by atoms with Gasteiger partial charge in [-0.1, -0.05) is 27.5 Å². The maximum Gasteiger partial charge on any atom is 0.0887 e. The van der Waals surface area contributed by atoms with Gasteiger partial charge in [0, 0.05) is 32.8 Å². The van der Waals surface area contributed by atoms with E-state index in [0.717, 1.165) is 42.7 Å². The molecule has 0 saturated heterocycles. The molecular formula is C16H10BrClN2. The molecule has 4 rings (SSSR count). The van der Waals surface area contributed by atoms with Crippen LogP contribution in [0.5, 0.6) is 0 Å². The van der Waals surface area contributed by atoms with Gasteiger partial charge in [-0.3, -0.25) is 0 Å². The molecule has 0 bridgehead atoms. The monoisotopic (exact) mass is 344 g/mol. The SMILES string of the molecule is Cn1c2c3cc(Br)ccc3nc-2cc2cc(Cl)ccc21. The fourth-order valence-corrected chi connectivity index (χ4v) is 3.33. The number of halogens is 2. The van der Waals surface area contributed by atoms with Gasteiger partial charge in [0.15, 0.2) is 0 Å². The highest BCUT2D eigenvalue weighted by Crippen LogP contribution is 2.35. The Balaban J connectivity index is 2.24. The Hall–Kier alpha value is -1.58. The first-order chi connectivity index (χ1) is 9.63. The summed E-state index contributed by atoms with van der Waals surface area (Å²) < 4.78 is 3.25. The molecule has 2 aliphatic rings. The van der Waals surface area contributed by atoms with Gasteiger partial charge in [-0.15, -0.1) is 0 Å². The van der Waals surface area contributed by atoms with Gasteiger partial charge >= 0.3 is 0 Å². The van der Waals surface area contributed by atoms with Crippen molar-refractivity contribution < 1.29 is 0 Å². The lowest BCUT2D eigenvalue weighted by atomic mass is 10.1. The summed E-state index contributed by atoms with van der Waals surface area (Å²) >= 11 is 9.62. The molecule has 0 spiro atoms. The van der Waals surface area contributed by atoms with Crippen LogP contribution in [-0.2, 0) is 7.05 Å². The van der Waals surface area contributed by atoms with Crippen molar-refractivity contribution in [3.63, 3.8) is 0 Å². The van der Waals surface area contributed by atoms with Crippen LogP contribution in [0.25, 0.3) is 33.2 Å². The molecule has 2 nitrogen and oxygen atoms in total. The van der Waals surface area contributed by atoms with Crippen molar-refractivity contribution in [2.24, 2.45) is 7.05 Å². The molecule has 0 atom stereocenters. The Morgan fingerprint density at radius 2 is 1.95 bits per heavy atom. The van der Waals surface area contributed by atoms with Crippen LogP contribution < -0.4 is 0 Å². The maximum absolute atomic E-state index is 6.09. The van der Waals surface area contributed by atoms with E-state index in [1.54, 1.807) is 0 Å². The van der Waals surface area contributed by atoms with Crippen molar-refractivity contribution in [1.29, 1.82) is 0 Å². The first kappa shape index (κ1) is 12.2. The second kappa shape index (κ2) is 4.21. The molecule has 98 valence electrons. The van der Waals surface area contributed by atoms with Gasteiger partial charge in [-0.25, -0.2) is 4.98 Å². The Bertz CT molecular complexity index is 942. The Morgan fingerprint density at radius 3 is 2.80 bits per heavy atom. The van der Waals surface area contributed by atoms with Crippen molar-refractivity contribution in [2.45, 2.75) is 0 Å². The molecule has 0 unspecified atom stereocenters. The van der Waals surface area contributed by atoms with Gasteiger partial charge in [-0.05, 0) is 42.5 Å². The molecule has 20 heavy (non-hydrogen) atoms. The van der Waals surface area contributed by atoms with Crippen LogP contribution in [-0.4, -0.2) is 9.55 Å². The molecule has 0 N–H and O–H groups in total. The topological polar surface area (TPSA) is 17.8 Å². The minimum absolute atomic E-state index is 0.746. The van der Waals surface area contributed by atoms with E-state index in [1.807, 2.05) is 30.3 Å². The van der Waals surface area contributed by atoms with Gasteiger partial charge in [0.05, 0.1) is 16.9 Å². The fraction of sp³-hybridized carbons (Fsp3) is 0.0625. The summed E-state index contributed by atoms with van der Waals surface area (Å²) in [6.45, 7) is 0. The zero-order valence-corrected chi connectivity index (χ0v) is 13.0. The normalized spacial score (nSPS) is 11.8. The summed E-state index contributed by atoms with van der Waals surface area (Å²) in [7, 11) is 2.07. The third-order valence-corrected chi connectivity index (χ3v) is 4.40. The third kappa shape index (κ3) is 1.67. The van der Waals surface area contributed by atoms with E-state index in [1.165, 1.54) is 0 Å². The van der Waals surface area contributed by atoms with Crippen LogP contribution in [0, 0.1) is 0 Å². The van der Waals surface area contributed by atoms with E-state index in [9.17, 15) is 0 Å². The van der Waals surface area contributed by atoms with Crippen LogP contribution in [0.3, 0.4) is 0 Å². The van der Waals surface area contributed by atoms with E-state index >= 15 is 0 Å². The third-order valence-electron chi connectivity index (χ3n) is 3.68. The highest BCUT2D eigenvalue weighted by atomic mass is 79.9. The number of nitrogens with zero attached hydrogens (tertiary/aromatic N) is 2. The first-order valence-corrected chi connectivity index (χ1v) is 7.44. The Labute approximate surface area is 129 Å². The van der Waals surface area contributed by atoms with Crippen molar-refractivity contribution in [3.05, 3.63) is 52.0 Å². The van der Waals surface area contributed by atoms with Crippen LogP contribution in [0.1, 0.15) is 0 Å². The van der Waals surface area contributed by atoms with Crippen LogP contribution in [0.15, 0.2) is 46.9 Å². The summed E-state index contributed by atoms with van der Waals surface area (Å²) in [6, 6.07) is 14.2. The van der Waals surface area contributed by atoms with E-state index in [0.29, 0.717) is 0 Å². The number of fused-ring (bicyclic) bond motifs is 4. The van der Waals surface area contributed by atoms with Gasteiger partial charge in [0.25, 0.3) is 0 Å². The van der Waals surface area contributed by atoms with E-state index in [-0.39, 0.29) is 0 Å². The lowest BCUT2D eigenvalue weighted by Crippen LogP contribution is -1.98. The predicted molar refractivity (Wildman–Crippen MR) is 87.6 cm³/mol. The number of hydrogen-bond acceptors (Lipinski definition) is 1. The predicted octanol–water partition coefficient (Wildman–Crippen LogP) is 5.25. The van der Waals surface area contributed by atoms with Crippen molar-refractivity contribution in [2.75, 3.05) is 0 Å². The zero-order valence-electron chi connectivity index (χ0n) is 10.7. The number of rotatable bonds is 0. The number of aryl methyl sites for hydroxylation is 1. The van der Waals surface area contributed by atoms with Gasteiger partial charge in [-0.2, -0.15) is 0 Å². The van der Waals surface area contributed by atoms with Crippen LogP contribution >= 0.6 is 27.5 Å². The highest BCUT2D eigenvalue weighted by molar-refractivity contribution is 9.10. The summed E-state index contributed by atoms with van der Waals surface area (Å²) in [6.07, 6.45) is 0. The number of benzene rings is 2. The second-order valence-electron chi connectivity index (χ2n) is 4.91. The lowest BCUT2D eigenvalue weighted by molar-refractivity contribution is 0.967. The standard InChI is InChI=1S/C16H10BrClN2/c1-20-15-5-3-11(18)6-9(15)7-14-16(20)12-8-10(17)2-4-13(12)19-14/h2-8H,1H3.